The van der Waals surface area contributed by atoms with Crippen molar-refractivity contribution < 1.29 is 23.9 Å². The minimum atomic E-state index is -0.855. The number of imide groups is 1. The second kappa shape index (κ2) is 8.11. The molecule has 0 spiro atoms. The summed E-state index contributed by atoms with van der Waals surface area (Å²) < 4.78 is 4.90. The molecule has 2 heterocycles. The van der Waals surface area contributed by atoms with Crippen molar-refractivity contribution in [2.75, 3.05) is 11.5 Å². The van der Waals surface area contributed by atoms with Gasteiger partial charge in [0.2, 0.25) is 5.91 Å². The van der Waals surface area contributed by atoms with E-state index >= 15 is 0 Å². The highest BCUT2D eigenvalue weighted by atomic mass is 32.1. The second-order valence-corrected chi connectivity index (χ2v) is 6.61. The van der Waals surface area contributed by atoms with Crippen molar-refractivity contribution in [3.63, 3.8) is 0 Å². The molecular formula is C18H17N3O5S. The van der Waals surface area contributed by atoms with Crippen LogP contribution in [0.3, 0.4) is 0 Å². The highest BCUT2D eigenvalue weighted by molar-refractivity contribution is 7.12. The molecule has 0 aliphatic carbocycles. The number of benzene rings is 1. The number of hydrogen-bond acceptors (Lipinski definition) is 7. The molecule has 1 aliphatic heterocycles. The van der Waals surface area contributed by atoms with E-state index in [2.05, 4.69) is 10.9 Å². The molecule has 1 saturated heterocycles. The summed E-state index contributed by atoms with van der Waals surface area (Å²) in [5, 5.41) is 1.76. The zero-order valence-electron chi connectivity index (χ0n) is 14.4. The number of nitrogens with zero attached hydrogens (tertiary/aromatic N) is 1. The molecule has 3 amide bonds. The van der Waals surface area contributed by atoms with Crippen LogP contribution in [0.15, 0.2) is 41.8 Å². The Labute approximate surface area is 159 Å². The number of esters is 1. The summed E-state index contributed by atoms with van der Waals surface area (Å²) in [6, 6.07) is 8.54. The lowest BCUT2D eigenvalue weighted by atomic mass is 10.2. The number of rotatable bonds is 6. The first-order valence-corrected chi connectivity index (χ1v) is 9.12. The van der Waals surface area contributed by atoms with E-state index in [1.807, 2.05) is 0 Å². The van der Waals surface area contributed by atoms with Crippen LogP contribution in [0.2, 0.25) is 0 Å². The quantitative estimate of drug-likeness (QED) is 0.442. The van der Waals surface area contributed by atoms with E-state index in [-0.39, 0.29) is 18.9 Å². The van der Waals surface area contributed by atoms with E-state index in [0.29, 0.717) is 16.1 Å². The van der Waals surface area contributed by atoms with Crippen LogP contribution in [0.25, 0.3) is 0 Å². The number of carbonyl (C=O) groups is 4. The molecule has 0 radical (unpaired) electrons. The molecule has 1 atom stereocenters. The summed E-state index contributed by atoms with van der Waals surface area (Å²) in [5.41, 5.74) is 5.75. The van der Waals surface area contributed by atoms with Gasteiger partial charge in [0, 0.05) is 0 Å². The van der Waals surface area contributed by atoms with Gasteiger partial charge in [0.05, 0.1) is 29.2 Å². The van der Waals surface area contributed by atoms with Crippen molar-refractivity contribution in [3.8, 4) is 0 Å². The summed E-state index contributed by atoms with van der Waals surface area (Å²) in [4.78, 5) is 49.9. The van der Waals surface area contributed by atoms with Crippen LogP contribution in [-0.2, 0) is 14.3 Å². The highest BCUT2D eigenvalue weighted by Gasteiger charge is 2.39. The Morgan fingerprint density at radius 2 is 1.96 bits per heavy atom. The predicted octanol–water partition coefficient (Wildman–Crippen LogP) is 1.49. The first kappa shape index (κ1) is 18.7. The molecule has 27 heavy (non-hydrogen) atoms. The van der Waals surface area contributed by atoms with Gasteiger partial charge in [-0.3, -0.25) is 19.8 Å². The zero-order chi connectivity index (χ0) is 19.4. The third kappa shape index (κ3) is 4.04. The van der Waals surface area contributed by atoms with E-state index in [0.717, 1.165) is 4.90 Å². The fraction of sp³-hybridized carbons (Fsp3) is 0.222. The van der Waals surface area contributed by atoms with Crippen molar-refractivity contribution >= 4 is 40.7 Å². The molecule has 2 N–H and O–H groups in total. The van der Waals surface area contributed by atoms with Gasteiger partial charge in [-0.15, -0.1) is 11.3 Å². The van der Waals surface area contributed by atoms with Crippen LogP contribution in [-0.4, -0.2) is 36.3 Å². The van der Waals surface area contributed by atoms with Crippen LogP contribution >= 0.6 is 11.3 Å². The Bertz CT molecular complexity index is 864. The molecular weight excluding hydrogens is 370 g/mol. The van der Waals surface area contributed by atoms with Gasteiger partial charge in [0.15, 0.2) is 0 Å². The molecule has 1 aliphatic rings. The van der Waals surface area contributed by atoms with E-state index in [1.54, 1.807) is 24.4 Å². The standard InChI is InChI=1S/C18H17N3O5S/c1-2-26-18(25)11-5-7-12(8-6-11)21-15(22)10-13(17(21)24)19-20-16(23)14-4-3-9-27-14/h3-9,13,19H,2,10H2,1H3,(H,20,23)/t13-/m1/s1. The minimum Gasteiger partial charge on any atom is -0.462 e. The average molecular weight is 387 g/mol. The Balaban J connectivity index is 1.65. The molecule has 2 aromatic rings. The van der Waals surface area contributed by atoms with Crippen LogP contribution in [0.1, 0.15) is 33.4 Å². The molecule has 0 unspecified atom stereocenters. The Hall–Kier alpha value is -3.04. The molecule has 0 bridgehead atoms. The number of carbonyl (C=O) groups excluding carboxylic acids is 4. The number of nitrogens with one attached hydrogen (secondary N) is 2. The third-order valence-corrected chi connectivity index (χ3v) is 4.76. The van der Waals surface area contributed by atoms with Gasteiger partial charge >= 0.3 is 5.97 Å². The van der Waals surface area contributed by atoms with Gasteiger partial charge in [-0.1, -0.05) is 6.07 Å². The molecule has 0 saturated carbocycles. The first-order chi connectivity index (χ1) is 13.0. The van der Waals surface area contributed by atoms with Gasteiger partial charge in [-0.2, -0.15) is 0 Å². The lowest BCUT2D eigenvalue weighted by Crippen LogP contribution is -2.48. The van der Waals surface area contributed by atoms with Crippen LogP contribution in [0.4, 0.5) is 5.69 Å². The number of amides is 3. The molecule has 1 aromatic heterocycles. The fourth-order valence-corrected chi connectivity index (χ4v) is 3.22. The number of hydrogen-bond donors (Lipinski definition) is 2. The molecule has 1 aromatic carbocycles. The summed E-state index contributed by atoms with van der Waals surface area (Å²) in [6.45, 7) is 1.96. The van der Waals surface area contributed by atoms with Crippen molar-refractivity contribution in [1.29, 1.82) is 0 Å². The number of thiophene rings is 1. The van der Waals surface area contributed by atoms with E-state index in [4.69, 9.17) is 4.74 Å². The minimum absolute atomic E-state index is 0.0802. The number of ether oxygens (including phenoxy) is 1. The molecule has 1 fully saturated rings. The maximum atomic E-state index is 12.5. The van der Waals surface area contributed by atoms with Gasteiger partial charge in [-0.25, -0.2) is 15.1 Å². The van der Waals surface area contributed by atoms with Crippen LogP contribution < -0.4 is 15.8 Å². The third-order valence-electron chi connectivity index (χ3n) is 3.89. The Morgan fingerprint density at radius 3 is 2.59 bits per heavy atom. The monoisotopic (exact) mass is 387 g/mol. The summed E-state index contributed by atoms with van der Waals surface area (Å²) in [7, 11) is 0. The largest absolute Gasteiger partial charge is 0.462 e. The normalized spacial score (nSPS) is 16.5. The highest BCUT2D eigenvalue weighted by Crippen LogP contribution is 2.23. The Kier molecular flexibility index (Phi) is 5.63. The summed E-state index contributed by atoms with van der Waals surface area (Å²) in [5.74, 6) is -1.72. The van der Waals surface area contributed by atoms with Crippen LogP contribution in [0.5, 0.6) is 0 Å². The summed E-state index contributed by atoms with van der Waals surface area (Å²) in [6.07, 6.45) is -0.0802. The predicted molar refractivity (Wildman–Crippen MR) is 98.2 cm³/mol. The van der Waals surface area contributed by atoms with Gasteiger partial charge in [0.1, 0.15) is 6.04 Å². The maximum Gasteiger partial charge on any atom is 0.338 e. The smallest absolute Gasteiger partial charge is 0.338 e. The topological polar surface area (TPSA) is 105 Å². The van der Waals surface area contributed by atoms with Crippen molar-refractivity contribution in [2.24, 2.45) is 0 Å². The van der Waals surface area contributed by atoms with Crippen molar-refractivity contribution in [1.82, 2.24) is 10.9 Å². The lowest BCUT2D eigenvalue weighted by Gasteiger charge is -2.16. The van der Waals surface area contributed by atoms with Crippen molar-refractivity contribution in [3.05, 3.63) is 52.2 Å². The molecule has 8 nitrogen and oxygen atoms in total. The SMILES string of the molecule is CCOC(=O)c1ccc(N2C(=O)C[C@@H](NNC(=O)c3cccs3)C2=O)cc1. The van der Waals surface area contributed by atoms with E-state index in [1.165, 1.54) is 35.6 Å². The zero-order valence-corrected chi connectivity index (χ0v) is 15.2. The number of hydrazine groups is 1. The van der Waals surface area contributed by atoms with Crippen LogP contribution in [0, 0.1) is 0 Å². The van der Waals surface area contributed by atoms with Gasteiger partial charge in [-0.05, 0) is 42.6 Å². The maximum absolute atomic E-state index is 12.5. The van der Waals surface area contributed by atoms with Crippen molar-refractivity contribution in [2.45, 2.75) is 19.4 Å². The fourth-order valence-electron chi connectivity index (χ4n) is 2.60. The average Bonchev–Trinajstić information content (AvgIpc) is 3.29. The number of anilines is 1. The van der Waals surface area contributed by atoms with Gasteiger partial charge in [0.25, 0.3) is 11.8 Å². The molecule has 3 rings (SSSR count). The van der Waals surface area contributed by atoms with E-state index in [9.17, 15) is 19.2 Å². The lowest BCUT2D eigenvalue weighted by molar-refractivity contribution is -0.121. The first-order valence-electron chi connectivity index (χ1n) is 8.24. The summed E-state index contributed by atoms with van der Waals surface area (Å²) >= 11 is 1.27. The molecule has 140 valence electrons. The Morgan fingerprint density at radius 1 is 1.22 bits per heavy atom. The van der Waals surface area contributed by atoms with E-state index < -0.39 is 23.8 Å². The van der Waals surface area contributed by atoms with Gasteiger partial charge < -0.3 is 4.74 Å². The second-order valence-electron chi connectivity index (χ2n) is 5.67. The molecule has 9 heteroatoms.